The molecule has 0 N–H and O–H groups in total. The average Bonchev–Trinajstić information content (AvgIpc) is 3.05. The van der Waals surface area contributed by atoms with E-state index in [1.54, 1.807) is 0 Å². The van der Waals surface area contributed by atoms with Gasteiger partial charge in [0.25, 0.3) is 0 Å². The predicted octanol–water partition coefficient (Wildman–Crippen LogP) is 8.39. The Kier molecular flexibility index (Phi) is 7.03. The number of hydrogen-bond acceptors (Lipinski definition) is 2. The lowest BCUT2D eigenvalue weighted by molar-refractivity contribution is -0.137. The van der Waals surface area contributed by atoms with Crippen molar-refractivity contribution in [3.8, 4) is 0 Å². The summed E-state index contributed by atoms with van der Waals surface area (Å²) in [4.78, 5) is 13.7. The fourth-order valence-corrected chi connectivity index (χ4v) is 8.99. The van der Waals surface area contributed by atoms with Crippen LogP contribution >= 0.6 is 0 Å². The number of carbonyl (C=O) groups excluding carboxylic acids is 1. The van der Waals surface area contributed by atoms with Crippen molar-refractivity contribution in [3.05, 3.63) is 11.6 Å². The Morgan fingerprint density at radius 3 is 2.39 bits per heavy atom. The van der Waals surface area contributed by atoms with E-state index in [2.05, 4.69) is 61.5 Å². The van der Waals surface area contributed by atoms with E-state index in [1.807, 2.05) is 0 Å². The zero-order valence-electron chi connectivity index (χ0n) is 23.0. The zero-order valence-corrected chi connectivity index (χ0v) is 23.0. The second-order valence-electron chi connectivity index (χ2n) is 14.4. The van der Waals surface area contributed by atoms with Gasteiger partial charge in [-0.05, 0) is 112 Å². The van der Waals surface area contributed by atoms with Crippen molar-refractivity contribution in [2.75, 3.05) is 0 Å². The Balaban J connectivity index is 1.51. The van der Waals surface area contributed by atoms with Crippen LogP contribution in [-0.4, -0.2) is 17.5 Å². The van der Waals surface area contributed by atoms with Crippen molar-refractivity contribution in [2.24, 2.45) is 46.3 Å². The van der Waals surface area contributed by atoms with Crippen LogP contribution < -0.4 is 0 Å². The maximum Gasteiger partial charge on any atom is 0.159 e. The highest BCUT2D eigenvalue weighted by Crippen LogP contribution is 2.66. The Hall–Kier alpha value is -0.630. The Labute approximate surface area is 204 Å². The number of ketones is 1. The molecule has 4 rings (SSSR count). The van der Waals surface area contributed by atoms with Crippen LogP contribution in [0.25, 0.3) is 0 Å². The second kappa shape index (κ2) is 9.11. The molecule has 3 saturated carbocycles. The normalized spacial score (nSPS) is 41.9. The molecule has 0 aliphatic heterocycles. The molecule has 188 valence electrons. The van der Waals surface area contributed by atoms with Crippen LogP contribution in [0.2, 0.25) is 0 Å². The minimum atomic E-state index is -0.114. The van der Waals surface area contributed by atoms with Crippen LogP contribution in [0, 0.1) is 46.3 Å². The van der Waals surface area contributed by atoms with Gasteiger partial charge in [-0.3, -0.25) is 4.79 Å². The van der Waals surface area contributed by atoms with E-state index < -0.39 is 0 Å². The third-order valence-electron chi connectivity index (χ3n) is 10.6. The first-order chi connectivity index (χ1) is 15.3. The molecule has 4 aliphatic rings. The molecular weight excluding hydrogens is 404 g/mol. The summed E-state index contributed by atoms with van der Waals surface area (Å²) in [7, 11) is 0. The zero-order chi connectivity index (χ0) is 24.2. The molecule has 2 nitrogen and oxygen atoms in total. The van der Waals surface area contributed by atoms with Gasteiger partial charge in [-0.2, -0.15) is 0 Å². The highest BCUT2D eigenvalue weighted by molar-refractivity contribution is 5.94. The molecule has 0 radical (unpaired) electrons. The molecule has 3 fully saturated rings. The Morgan fingerprint density at radius 2 is 1.73 bits per heavy atom. The predicted molar refractivity (Wildman–Crippen MR) is 138 cm³/mol. The molecule has 0 spiro atoms. The van der Waals surface area contributed by atoms with E-state index in [1.165, 1.54) is 56.9 Å². The Morgan fingerprint density at radius 1 is 1.00 bits per heavy atom. The molecule has 4 aliphatic carbocycles. The summed E-state index contributed by atoms with van der Waals surface area (Å²) >= 11 is 0. The van der Waals surface area contributed by atoms with Crippen LogP contribution in [0.3, 0.4) is 0 Å². The first kappa shape index (κ1) is 25.5. The number of allylic oxidation sites excluding steroid dienone is 1. The molecule has 0 heterocycles. The summed E-state index contributed by atoms with van der Waals surface area (Å²) in [6.07, 6.45) is 14.9. The average molecular weight is 457 g/mol. The summed E-state index contributed by atoms with van der Waals surface area (Å²) in [5.41, 5.74) is 1.87. The monoisotopic (exact) mass is 456 g/mol. The molecule has 0 aromatic heterocycles. The van der Waals surface area contributed by atoms with Crippen molar-refractivity contribution >= 4 is 5.78 Å². The van der Waals surface area contributed by atoms with Crippen LogP contribution in [0.5, 0.6) is 0 Å². The fraction of sp³-hybridized carbons (Fsp3) is 0.903. The first-order valence-corrected chi connectivity index (χ1v) is 14.3. The molecular formula is C31H52O2. The lowest BCUT2D eigenvalue weighted by atomic mass is 9.46. The molecule has 0 unspecified atom stereocenters. The third-order valence-corrected chi connectivity index (χ3v) is 10.6. The van der Waals surface area contributed by atoms with Gasteiger partial charge in [0.1, 0.15) is 0 Å². The van der Waals surface area contributed by atoms with Gasteiger partial charge in [-0.25, -0.2) is 0 Å². The summed E-state index contributed by atoms with van der Waals surface area (Å²) in [5.74, 6) is 4.29. The topological polar surface area (TPSA) is 26.3 Å². The highest BCUT2D eigenvalue weighted by atomic mass is 16.5. The minimum Gasteiger partial charge on any atom is -0.372 e. The van der Waals surface area contributed by atoms with Crippen LogP contribution in [0.15, 0.2) is 11.6 Å². The Bertz CT molecular complexity index is 757. The summed E-state index contributed by atoms with van der Waals surface area (Å²) in [6, 6.07) is 0. The van der Waals surface area contributed by atoms with Gasteiger partial charge >= 0.3 is 0 Å². The molecule has 33 heavy (non-hydrogen) atoms. The number of ether oxygens (including phenoxy) is 1. The third kappa shape index (κ3) is 4.76. The molecule has 0 amide bonds. The van der Waals surface area contributed by atoms with Crippen molar-refractivity contribution in [3.63, 3.8) is 0 Å². The minimum absolute atomic E-state index is 0.114. The standard InChI is InChI=1S/C31H52O2/c1-20(2)10-9-11-21(3)24-12-13-25-28-26(15-17-31(24,25)8)30(7)16-14-23(33-29(4,5)6)18-22(30)19-27(28)32/h19-21,23-26,28H,9-18H2,1-8H3/t21-,23-,24+,25+,26-,28-,30-,31+/m0/s1. The molecule has 0 aromatic carbocycles. The SMILES string of the molecule is CC(C)CCC[C@H](C)[C@H]1CC[C@@H]2[C@@H]3C(=O)C=C4C[C@@H](OC(C)(C)C)CC[C@]4(C)[C@H]3CC[C@@]21C. The summed E-state index contributed by atoms with van der Waals surface area (Å²) in [5, 5.41) is 0. The summed E-state index contributed by atoms with van der Waals surface area (Å²) < 4.78 is 6.36. The van der Waals surface area contributed by atoms with Crippen LogP contribution in [-0.2, 0) is 9.53 Å². The van der Waals surface area contributed by atoms with E-state index in [0.717, 1.165) is 30.6 Å². The number of rotatable bonds is 6. The van der Waals surface area contributed by atoms with Gasteiger partial charge in [0.15, 0.2) is 5.78 Å². The van der Waals surface area contributed by atoms with E-state index in [-0.39, 0.29) is 23.0 Å². The van der Waals surface area contributed by atoms with Crippen molar-refractivity contribution in [1.82, 2.24) is 0 Å². The molecule has 0 aromatic rings. The second-order valence-corrected chi connectivity index (χ2v) is 14.4. The fourth-order valence-electron chi connectivity index (χ4n) is 8.99. The van der Waals surface area contributed by atoms with Crippen LogP contribution in [0.4, 0.5) is 0 Å². The van der Waals surface area contributed by atoms with Gasteiger partial charge in [0.05, 0.1) is 11.7 Å². The van der Waals surface area contributed by atoms with Crippen molar-refractivity contribution in [1.29, 1.82) is 0 Å². The number of carbonyl (C=O) groups is 1. The van der Waals surface area contributed by atoms with E-state index in [4.69, 9.17) is 4.74 Å². The largest absolute Gasteiger partial charge is 0.372 e. The lowest BCUT2D eigenvalue weighted by Crippen LogP contribution is -2.54. The maximum absolute atomic E-state index is 13.7. The molecule has 0 bridgehead atoms. The maximum atomic E-state index is 13.7. The lowest BCUT2D eigenvalue weighted by Gasteiger charge is -2.58. The first-order valence-electron chi connectivity index (χ1n) is 14.3. The number of fused-ring (bicyclic) bond motifs is 5. The van der Waals surface area contributed by atoms with Gasteiger partial charge < -0.3 is 4.74 Å². The van der Waals surface area contributed by atoms with Crippen LogP contribution in [0.1, 0.15) is 120 Å². The molecule has 2 heteroatoms. The highest BCUT2D eigenvalue weighted by Gasteiger charge is 2.61. The quantitative estimate of drug-likeness (QED) is 0.401. The van der Waals surface area contributed by atoms with Gasteiger partial charge in [-0.15, -0.1) is 0 Å². The number of hydrogen-bond donors (Lipinski definition) is 0. The summed E-state index contributed by atoms with van der Waals surface area (Å²) in [6.45, 7) is 18.7. The van der Waals surface area contributed by atoms with Crippen molar-refractivity contribution in [2.45, 2.75) is 131 Å². The van der Waals surface area contributed by atoms with Gasteiger partial charge in [0.2, 0.25) is 0 Å². The van der Waals surface area contributed by atoms with E-state index >= 15 is 0 Å². The molecule has 0 saturated heterocycles. The van der Waals surface area contributed by atoms with Gasteiger partial charge in [-0.1, -0.05) is 59.5 Å². The van der Waals surface area contributed by atoms with E-state index in [0.29, 0.717) is 23.0 Å². The van der Waals surface area contributed by atoms with Gasteiger partial charge in [0, 0.05) is 5.92 Å². The van der Waals surface area contributed by atoms with Crippen molar-refractivity contribution < 1.29 is 9.53 Å². The smallest absolute Gasteiger partial charge is 0.159 e. The van der Waals surface area contributed by atoms with E-state index in [9.17, 15) is 4.79 Å². The molecule has 8 atom stereocenters.